The third-order valence-corrected chi connectivity index (χ3v) is 3.81. The first kappa shape index (κ1) is 9.47. The fourth-order valence-corrected chi connectivity index (χ4v) is 2.83. The largest absolute Gasteiger partial charge is 0.314 e. The average Bonchev–Trinajstić information content (AvgIpc) is 2.71. The summed E-state index contributed by atoms with van der Waals surface area (Å²) in [5.74, 6) is 0.998. The van der Waals surface area contributed by atoms with Crippen molar-refractivity contribution in [2.45, 2.75) is 38.6 Å². The number of hydrogen-bond donors (Lipinski definition) is 1. The van der Waals surface area contributed by atoms with Crippen molar-refractivity contribution in [3.8, 4) is 0 Å². The zero-order valence-corrected chi connectivity index (χ0v) is 8.76. The van der Waals surface area contributed by atoms with E-state index >= 15 is 0 Å². The highest BCUT2D eigenvalue weighted by molar-refractivity contribution is 4.82. The zero-order chi connectivity index (χ0) is 9.10. The minimum atomic E-state index is 0.838. The topological polar surface area (TPSA) is 15.3 Å². The van der Waals surface area contributed by atoms with Crippen LogP contribution in [0.4, 0.5) is 0 Å². The number of nitrogens with one attached hydrogen (secondary N) is 1. The molecule has 2 fully saturated rings. The third-order valence-electron chi connectivity index (χ3n) is 3.81. The van der Waals surface area contributed by atoms with Gasteiger partial charge in [-0.3, -0.25) is 4.90 Å². The van der Waals surface area contributed by atoms with Gasteiger partial charge >= 0.3 is 0 Å². The maximum atomic E-state index is 3.42. The van der Waals surface area contributed by atoms with E-state index < -0.39 is 0 Å². The van der Waals surface area contributed by atoms with E-state index in [0.29, 0.717) is 0 Å². The molecule has 0 aromatic rings. The Balaban J connectivity index is 1.83. The van der Waals surface area contributed by atoms with E-state index in [0.717, 1.165) is 12.0 Å². The fourth-order valence-electron chi connectivity index (χ4n) is 2.83. The summed E-state index contributed by atoms with van der Waals surface area (Å²) in [6.07, 6.45) is 5.90. The molecule has 2 heteroatoms. The van der Waals surface area contributed by atoms with E-state index in [2.05, 4.69) is 17.1 Å². The Labute approximate surface area is 81.7 Å². The van der Waals surface area contributed by atoms with Crippen LogP contribution >= 0.6 is 0 Å². The molecule has 0 bridgehead atoms. The molecule has 1 N–H and O–H groups in total. The van der Waals surface area contributed by atoms with Gasteiger partial charge in [-0.15, -0.1) is 0 Å². The Bertz CT molecular complexity index is 146. The van der Waals surface area contributed by atoms with Crippen LogP contribution in [-0.2, 0) is 0 Å². The monoisotopic (exact) mass is 182 g/mol. The van der Waals surface area contributed by atoms with Gasteiger partial charge in [-0.05, 0) is 25.7 Å². The Hall–Kier alpha value is -0.0800. The highest BCUT2D eigenvalue weighted by atomic mass is 15.2. The van der Waals surface area contributed by atoms with Crippen LogP contribution in [0.25, 0.3) is 0 Å². The molecule has 1 aliphatic heterocycles. The molecule has 0 aromatic carbocycles. The second-order valence-electron chi connectivity index (χ2n) is 4.57. The van der Waals surface area contributed by atoms with Gasteiger partial charge in [0.1, 0.15) is 0 Å². The van der Waals surface area contributed by atoms with Crippen LogP contribution in [0.2, 0.25) is 0 Å². The van der Waals surface area contributed by atoms with Crippen molar-refractivity contribution < 1.29 is 0 Å². The number of rotatable bonds is 2. The summed E-state index contributed by atoms with van der Waals surface area (Å²) in [6.45, 7) is 7.34. The Morgan fingerprint density at radius 1 is 1.15 bits per heavy atom. The molecule has 1 unspecified atom stereocenters. The van der Waals surface area contributed by atoms with Gasteiger partial charge < -0.3 is 5.32 Å². The van der Waals surface area contributed by atoms with E-state index in [9.17, 15) is 0 Å². The van der Waals surface area contributed by atoms with Crippen LogP contribution in [0.5, 0.6) is 0 Å². The van der Waals surface area contributed by atoms with E-state index in [1.807, 2.05) is 0 Å². The Morgan fingerprint density at radius 2 is 1.77 bits per heavy atom. The first-order chi connectivity index (χ1) is 6.38. The van der Waals surface area contributed by atoms with Gasteiger partial charge in [0.2, 0.25) is 0 Å². The molecule has 1 atom stereocenters. The summed E-state index contributed by atoms with van der Waals surface area (Å²) in [6, 6.07) is 0.838. The molecule has 1 heterocycles. The second kappa shape index (κ2) is 4.43. The average molecular weight is 182 g/mol. The summed E-state index contributed by atoms with van der Waals surface area (Å²) in [5.41, 5.74) is 0. The van der Waals surface area contributed by atoms with Gasteiger partial charge in [-0.2, -0.15) is 0 Å². The quantitative estimate of drug-likeness (QED) is 0.695. The van der Waals surface area contributed by atoms with Crippen molar-refractivity contribution in [1.82, 2.24) is 10.2 Å². The van der Waals surface area contributed by atoms with Crippen molar-refractivity contribution >= 4 is 0 Å². The van der Waals surface area contributed by atoms with E-state index in [-0.39, 0.29) is 0 Å². The summed E-state index contributed by atoms with van der Waals surface area (Å²) < 4.78 is 0. The molecular formula is C11H22N2. The van der Waals surface area contributed by atoms with Crippen LogP contribution in [0, 0.1) is 5.92 Å². The summed E-state index contributed by atoms with van der Waals surface area (Å²) in [4.78, 5) is 2.67. The molecule has 0 spiro atoms. The van der Waals surface area contributed by atoms with Crippen LogP contribution in [0.15, 0.2) is 0 Å². The molecule has 13 heavy (non-hydrogen) atoms. The minimum Gasteiger partial charge on any atom is -0.314 e. The van der Waals surface area contributed by atoms with Crippen LogP contribution in [0.3, 0.4) is 0 Å². The Morgan fingerprint density at radius 3 is 2.38 bits per heavy atom. The lowest BCUT2D eigenvalue weighted by Crippen LogP contribution is -2.49. The SMILES string of the molecule is CC(C1CCCC1)N1CCNCC1. The molecule has 0 aromatic heterocycles. The maximum absolute atomic E-state index is 3.42. The molecule has 76 valence electrons. The van der Waals surface area contributed by atoms with E-state index in [1.54, 1.807) is 0 Å². The summed E-state index contributed by atoms with van der Waals surface area (Å²) >= 11 is 0. The summed E-state index contributed by atoms with van der Waals surface area (Å²) in [7, 11) is 0. The van der Waals surface area contributed by atoms with Crippen LogP contribution in [0.1, 0.15) is 32.6 Å². The predicted octanol–water partition coefficient (Wildman–Crippen LogP) is 1.47. The molecule has 1 saturated carbocycles. The van der Waals surface area contributed by atoms with Crippen molar-refractivity contribution in [1.29, 1.82) is 0 Å². The molecular weight excluding hydrogens is 160 g/mol. The molecule has 2 aliphatic rings. The maximum Gasteiger partial charge on any atom is 0.0110 e. The molecule has 1 aliphatic carbocycles. The first-order valence-electron chi connectivity index (χ1n) is 5.82. The van der Waals surface area contributed by atoms with Gasteiger partial charge in [0, 0.05) is 32.2 Å². The van der Waals surface area contributed by atoms with Crippen molar-refractivity contribution in [3.63, 3.8) is 0 Å². The first-order valence-corrected chi connectivity index (χ1v) is 5.82. The van der Waals surface area contributed by atoms with E-state index in [1.165, 1.54) is 51.9 Å². The third kappa shape index (κ3) is 2.23. The molecule has 0 radical (unpaired) electrons. The predicted molar refractivity (Wildman–Crippen MR) is 55.9 cm³/mol. The second-order valence-corrected chi connectivity index (χ2v) is 4.57. The van der Waals surface area contributed by atoms with Gasteiger partial charge in [-0.25, -0.2) is 0 Å². The van der Waals surface area contributed by atoms with Crippen molar-refractivity contribution in [2.75, 3.05) is 26.2 Å². The lowest BCUT2D eigenvalue weighted by atomic mass is 9.98. The molecule has 0 amide bonds. The van der Waals surface area contributed by atoms with Crippen LogP contribution < -0.4 is 5.32 Å². The van der Waals surface area contributed by atoms with Crippen molar-refractivity contribution in [3.05, 3.63) is 0 Å². The lowest BCUT2D eigenvalue weighted by Gasteiger charge is -2.36. The number of nitrogens with zero attached hydrogens (tertiary/aromatic N) is 1. The van der Waals surface area contributed by atoms with Gasteiger partial charge in [0.25, 0.3) is 0 Å². The molecule has 1 saturated heterocycles. The number of piperazine rings is 1. The fraction of sp³-hybridized carbons (Fsp3) is 1.00. The van der Waals surface area contributed by atoms with Crippen molar-refractivity contribution in [2.24, 2.45) is 5.92 Å². The van der Waals surface area contributed by atoms with Gasteiger partial charge in [0.15, 0.2) is 0 Å². The highest BCUT2D eigenvalue weighted by Crippen LogP contribution is 2.30. The summed E-state index contributed by atoms with van der Waals surface area (Å²) in [5, 5.41) is 3.42. The van der Waals surface area contributed by atoms with E-state index in [4.69, 9.17) is 0 Å². The zero-order valence-electron chi connectivity index (χ0n) is 8.76. The smallest absolute Gasteiger partial charge is 0.0110 e. The molecule has 2 rings (SSSR count). The van der Waals surface area contributed by atoms with Gasteiger partial charge in [0.05, 0.1) is 0 Å². The highest BCUT2D eigenvalue weighted by Gasteiger charge is 2.26. The molecule has 2 nitrogen and oxygen atoms in total. The lowest BCUT2D eigenvalue weighted by molar-refractivity contribution is 0.138. The minimum absolute atomic E-state index is 0.838. The Kier molecular flexibility index (Phi) is 3.23. The van der Waals surface area contributed by atoms with Crippen LogP contribution in [-0.4, -0.2) is 37.1 Å². The normalized spacial score (nSPS) is 29.3. The standard InChI is InChI=1S/C11H22N2/c1-10(11-4-2-3-5-11)13-8-6-12-7-9-13/h10-12H,2-9H2,1H3. The van der Waals surface area contributed by atoms with Gasteiger partial charge in [-0.1, -0.05) is 12.8 Å². The number of hydrogen-bond acceptors (Lipinski definition) is 2.